The van der Waals surface area contributed by atoms with E-state index in [1.807, 2.05) is 48.4 Å². The lowest BCUT2D eigenvalue weighted by molar-refractivity contribution is 0.0966. The molecule has 1 saturated heterocycles. The molecule has 0 aliphatic carbocycles. The Hall–Kier alpha value is -3.71. The zero-order valence-electron chi connectivity index (χ0n) is 20.4. The molecule has 0 saturated carbocycles. The number of amides is 1. The van der Waals surface area contributed by atoms with E-state index in [0.29, 0.717) is 12.1 Å². The van der Waals surface area contributed by atoms with Gasteiger partial charge in [-0.1, -0.05) is 19.1 Å². The van der Waals surface area contributed by atoms with Crippen LogP contribution in [0.4, 0.5) is 11.5 Å². The molecule has 4 aromatic rings. The molecule has 2 aliphatic rings. The van der Waals surface area contributed by atoms with E-state index < -0.39 is 0 Å². The molecule has 2 aliphatic heterocycles. The summed E-state index contributed by atoms with van der Waals surface area (Å²) in [6.45, 7) is 5.06. The van der Waals surface area contributed by atoms with Crippen molar-refractivity contribution in [3.05, 3.63) is 71.7 Å². The Morgan fingerprint density at radius 1 is 1.00 bits per heavy atom. The predicted molar refractivity (Wildman–Crippen MR) is 139 cm³/mol. The molecule has 1 aromatic carbocycles. The molecule has 1 amide bonds. The van der Waals surface area contributed by atoms with Gasteiger partial charge in [-0.15, -0.1) is 0 Å². The van der Waals surface area contributed by atoms with Crippen LogP contribution in [0.15, 0.2) is 55.0 Å². The SMILES string of the molecule is CN1CCC(C)(c2ccc(Nc3ccc(-c4ccnc5c4ccn5C)c4c3C(=O)NC4)nc2)CC1. The van der Waals surface area contributed by atoms with E-state index in [9.17, 15) is 4.79 Å². The van der Waals surface area contributed by atoms with Crippen molar-refractivity contribution < 1.29 is 4.79 Å². The average Bonchev–Trinajstić information content (AvgIpc) is 3.45. The van der Waals surface area contributed by atoms with E-state index in [1.165, 1.54) is 5.56 Å². The summed E-state index contributed by atoms with van der Waals surface area (Å²) in [5.41, 5.74) is 6.99. The van der Waals surface area contributed by atoms with Crippen LogP contribution in [0.2, 0.25) is 0 Å². The van der Waals surface area contributed by atoms with Gasteiger partial charge >= 0.3 is 0 Å². The molecule has 0 spiro atoms. The van der Waals surface area contributed by atoms with E-state index in [1.54, 1.807) is 0 Å². The van der Waals surface area contributed by atoms with Crippen LogP contribution < -0.4 is 10.6 Å². The Balaban J connectivity index is 1.33. The van der Waals surface area contributed by atoms with Gasteiger partial charge in [-0.3, -0.25) is 4.79 Å². The molecule has 7 nitrogen and oxygen atoms in total. The van der Waals surface area contributed by atoms with Crippen LogP contribution in [0.3, 0.4) is 0 Å². The molecule has 0 atom stereocenters. The fourth-order valence-corrected chi connectivity index (χ4v) is 5.47. The number of rotatable bonds is 4. The lowest BCUT2D eigenvalue weighted by Crippen LogP contribution is -2.38. The number of benzene rings is 1. The Morgan fingerprint density at radius 2 is 1.83 bits per heavy atom. The molecule has 178 valence electrons. The van der Waals surface area contributed by atoms with Crippen molar-refractivity contribution >= 4 is 28.4 Å². The van der Waals surface area contributed by atoms with Gasteiger partial charge in [0.25, 0.3) is 5.91 Å². The first kappa shape index (κ1) is 21.8. The van der Waals surface area contributed by atoms with Crippen LogP contribution in [0.5, 0.6) is 0 Å². The maximum atomic E-state index is 12.9. The van der Waals surface area contributed by atoms with Crippen molar-refractivity contribution in [2.45, 2.75) is 31.7 Å². The summed E-state index contributed by atoms with van der Waals surface area (Å²) in [6, 6.07) is 12.4. The van der Waals surface area contributed by atoms with Crippen LogP contribution in [0.1, 0.15) is 41.3 Å². The lowest BCUT2D eigenvalue weighted by atomic mass is 9.75. The van der Waals surface area contributed by atoms with E-state index in [0.717, 1.165) is 65.2 Å². The number of nitrogens with one attached hydrogen (secondary N) is 2. The first-order chi connectivity index (χ1) is 16.9. The fraction of sp³-hybridized carbons (Fsp3) is 0.321. The minimum Gasteiger partial charge on any atom is -0.348 e. The van der Waals surface area contributed by atoms with Crippen molar-refractivity contribution in [1.82, 2.24) is 24.8 Å². The number of hydrogen-bond donors (Lipinski definition) is 2. The van der Waals surface area contributed by atoms with Crippen molar-refractivity contribution in [3.8, 4) is 11.1 Å². The quantitative estimate of drug-likeness (QED) is 0.460. The highest BCUT2D eigenvalue weighted by molar-refractivity contribution is 6.07. The maximum absolute atomic E-state index is 12.9. The second-order valence-corrected chi connectivity index (χ2v) is 10.1. The van der Waals surface area contributed by atoms with Gasteiger partial charge in [0, 0.05) is 37.6 Å². The normalized spacial score (nSPS) is 17.4. The zero-order valence-corrected chi connectivity index (χ0v) is 20.4. The third-order valence-corrected chi connectivity index (χ3v) is 7.84. The summed E-state index contributed by atoms with van der Waals surface area (Å²) in [6.07, 6.45) is 8.11. The Kier molecular flexibility index (Phi) is 5.11. The standard InChI is InChI=1S/C28H30N6O/c1-28(10-14-33(2)15-11-28)18-4-7-24(30-16-18)32-23-6-5-19(22-17-31-27(35)25(22)23)20-8-12-29-26-21(20)9-13-34(26)3/h4-9,12-13,16H,10-11,14-15,17H2,1-3H3,(H,30,32)(H,31,35). The van der Waals surface area contributed by atoms with Crippen molar-refractivity contribution in [2.24, 2.45) is 7.05 Å². The number of hydrogen-bond acceptors (Lipinski definition) is 5. The van der Waals surface area contributed by atoms with E-state index >= 15 is 0 Å². The molecule has 0 bridgehead atoms. The molecule has 35 heavy (non-hydrogen) atoms. The minimum absolute atomic E-state index is 0.0573. The Bertz CT molecular complexity index is 1430. The second-order valence-electron chi connectivity index (χ2n) is 10.1. The predicted octanol–water partition coefficient (Wildman–Crippen LogP) is 4.61. The van der Waals surface area contributed by atoms with Crippen LogP contribution >= 0.6 is 0 Å². The minimum atomic E-state index is -0.0573. The molecule has 6 rings (SSSR count). The van der Waals surface area contributed by atoms with Gasteiger partial charge in [-0.25, -0.2) is 9.97 Å². The zero-order chi connectivity index (χ0) is 24.2. The Morgan fingerprint density at radius 3 is 2.60 bits per heavy atom. The van der Waals surface area contributed by atoms with Gasteiger partial charge in [0.2, 0.25) is 0 Å². The molecule has 5 heterocycles. The van der Waals surface area contributed by atoms with Crippen LogP contribution in [-0.2, 0) is 19.0 Å². The molecule has 7 heteroatoms. The molecular formula is C28H30N6O. The number of aromatic nitrogens is 3. The van der Waals surface area contributed by atoms with Gasteiger partial charge in [-0.05, 0) is 84.9 Å². The highest BCUT2D eigenvalue weighted by atomic mass is 16.1. The van der Waals surface area contributed by atoms with Gasteiger partial charge in [0.1, 0.15) is 11.5 Å². The number of likely N-dealkylation sites (tertiary alicyclic amines) is 1. The summed E-state index contributed by atoms with van der Waals surface area (Å²) in [5, 5.41) is 7.50. The largest absolute Gasteiger partial charge is 0.348 e. The number of carbonyl (C=O) groups is 1. The maximum Gasteiger partial charge on any atom is 0.254 e. The molecule has 2 N–H and O–H groups in total. The van der Waals surface area contributed by atoms with Crippen molar-refractivity contribution in [1.29, 1.82) is 0 Å². The van der Waals surface area contributed by atoms with Crippen molar-refractivity contribution in [3.63, 3.8) is 0 Å². The summed E-state index contributed by atoms with van der Waals surface area (Å²) >= 11 is 0. The van der Waals surface area contributed by atoms with Gasteiger partial charge in [0.15, 0.2) is 0 Å². The number of aryl methyl sites for hydroxylation is 1. The van der Waals surface area contributed by atoms with Gasteiger partial charge in [-0.2, -0.15) is 0 Å². The summed E-state index contributed by atoms with van der Waals surface area (Å²) < 4.78 is 2.01. The number of pyridine rings is 2. The van der Waals surface area contributed by atoms with Crippen LogP contribution in [0.25, 0.3) is 22.2 Å². The molecule has 0 radical (unpaired) electrons. The number of piperidine rings is 1. The topological polar surface area (TPSA) is 75.1 Å². The molecule has 1 fully saturated rings. The second kappa shape index (κ2) is 8.20. The monoisotopic (exact) mass is 466 g/mol. The third-order valence-electron chi connectivity index (χ3n) is 7.84. The first-order valence-electron chi connectivity index (χ1n) is 12.2. The lowest BCUT2D eigenvalue weighted by Gasteiger charge is -2.38. The number of nitrogens with zero attached hydrogens (tertiary/aromatic N) is 4. The van der Waals surface area contributed by atoms with Gasteiger partial charge in [0.05, 0.1) is 11.3 Å². The molecule has 3 aromatic heterocycles. The van der Waals surface area contributed by atoms with E-state index in [-0.39, 0.29) is 11.3 Å². The molecular weight excluding hydrogens is 436 g/mol. The number of fused-ring (bicyclic) bond motifs is 2. The fourth-order valence-electron chi connectivity index (χ4n) is 5.47. The third kappa shape index (κ3) is 3.67. The smallest absolute Gasteiger partial charge is 0.254 e. The highest BCUT2D eigenvalue weighted by Gasteiger charge is 2.31. The van der Waals surface area contributed by atoms with Crippen LogP contribution in [-0.4, -0.2) is 45.5 Å². The summed E-state index contributed by atoms with van der Waals surface area (Å²) in [7, 11) is 4.18. The molecule has 0 unspecified atom stereocenters. The van der Waals surface area contributed by atoms with Crippen molar-refractivity contribution in [2.75, 3.05) is 25.5 Å². The highest BCUT2D eigenvalue weighted by Crippen LogP contribution is 2.38. The van der Waals surface area contributed by atoms with Gasteiger partial charge < -0.3 is 20.1 Å². The number of anilines is 2. The van der Waals surface area contributed by atoms with E-state index in [2.05, 4.69) is 52.7 Å². The summed E-state index contributed by atoms with van der Waals surface area (Å²) in [5.74, 6) is 0.687. The first-order valence-corrected chi connectivity index (χ1v) is 12.2. The summed E-state index contributed by atoms with van der Waals surface area (Å²) in [4.78, 5) is 24.5. The number of carbonyl (C=O) groups excluding carboxylic acids is 1. The van der Waals surface area contributed by atoms with E-state index in [4.69, 9.17) is 4.98 Å². The Labute approximate surface area is 205 Å². The van der Waals surface area contributed by atoms with Crippen LogP contribution in [0, 0.1) is 0 Å². The average molecular weight is 467 g/mol.